The summed E-state index contributed by atoms with van der Waals surface area (Å²) in [5.74, 6) is -0.703. The number of carbonyl (C=O) groups excluding carboxylic acids is 1. The van der Waals surface area contributed by atoms with Crippen molar-refractivity contribution in [1.29, 1.82) is 0 Å². The standard InChI is InChI=1S/C18H25N3O4/c1-2-6-15-19-16(25-20-15)12-7-5-10-21(11-12)17(22)13-8-3-4-9-14(13)18(23)24/h3-4,12-14H,2,5-11H2,1H3,(H,23,24)/t12-,13+,14-/m1/s1. The van der Waals surface area contributed by atoms with Gasteiger partial charge in [-0.1, -0.05) is 24.2 Å². The number of aromatic nitrogens is 2. The molecule has 0 bridgehead atoms. The van der Waals surface area contributed by atoms with Crippen molar-refractivity contribution in [1.82, 2.24) is 15.0 Å². The lowest BCUT2D eigenvalue weighted by atomic mass is 9.81. The molecule has 3 rings (SSSR count). The molecule has 25 heavy (non-hydrogen) atoms. The van der Waals surface area contributed by atoms with E-state index in [9.17, 15) is 14.7 Å². The number of hydrogen-bond acceptors (Lipinski definition) is 5. The fourth-order valence-electron chi connectivity index (χ4n) is 3.73. The Morgan fingerprint density at radius 2 is 2.08 bits per heavy atom. The molecule has 0 radical (unpaired) electrons. The lowest BCUT2D eigenvalue weighted by Gasteiger charge is -2.35. The van der Waals surface area contributed by atoms with Crippen LogP contribution in [-0.4, -0.2) is 45.1 Å². The Hall–Kier alpha value is -2.18. The summed E-state index contributed by atoms with van der Waals surface area (Å²) in [6, 6.07) is 0. The minimum Gasteiger partial charge on any atom is -0.481 e. The fourth-order valence-corrected chi connectivity index (χ4v) is 3.73. The molecule has 2 heterocycles. The number of carboxylic acid groups (broad SMARTS) is 1. The van der Waals surface area contributed by atoms with E-state index in [0.29, 0.717) is 37.6 Å². The SMILES string of the molecule is CCCc1noc([C@@H]2CCCN(C(=O)[C@H]3CC=CC[C@H]3C(=O)O)C2)n1. The van der Waals surface area contributed by atoms with Gasteiger partial charge in [-0.15, -0.1) is 0 Å². The minimum atomic E-state index is -0.891. The number of carboxylic acids is 1. The molecule has 1 aromatic rings. The van der Waals surface area contributed by atoms with Crippen LogP contribution in [0.5, 0.6) is 0 Å². The molecule has 1 saturated heterocycles. The van der Waals surface area contributed by atoms with Crippen LogP contribution >= 0.6 is 0 Å². The Balaban J connectivity index is 1.68. The van der Waals surface area contributed by atoms with Gasteiger partial charge in [0.15, 0.2) is 5.82 Å². The molecule has 2 aliphatic rings. The van der Waals surface area contributed by atoms with Crippen molar-refractivity contribution in [3.8, 4) is 0 Å². The Kier molecular flexibility index (Phi) is 5.50. The van der Waals surface area contributed by atoms with Crippen LogP contribution in [0.2, 0.25) is 0 Å². The fraction of sp³-hybridized carbons (Fsp3) is 0.667. The van der Waals surface area contributed by atoms with Crippen LogP contribution in [0.3, 0.4) is 0 Å². The number of rotatable bonds is 5. The number of nitrogens with zero attached hydrogens (tertiary/aromatic N) is 3. The minimum absolute atomic E-state index is 0.0400. The first-order valence-electron chi connectivity index (χ1n) is 9.09. The number of carbonyl (C=O) groups is 2. The highest BCUT2D eigenvalue weighted by molar-refractivity contribution is 5.85. The van der Waals surface area contributed by atoms with Gasteiger partial charge in [-0.3, -0.25) is 9.59 Å². The summed E-state index contributed by atoms with van der Waals surface area (Å²) in [6.07, 6.45) is 8.21. The van der Waals surface area contributed by atoms with Gasteiger partial charge in [-0.05, 0) is 32.1 Å². The van der Waals surface area contributed by atoms with Crippen molar-refractivity contribution >= 4 is 11.9 Å². The topological polar surface area (TPSA) is 96.5 Å². The second-order valence-electron chi connectivity index (χ2n) is 6.92. The molecule has 1 N–H and O–H groups in total. The summed E-state index contributed by atoms with van der Waals surface area (Å²) in [7, 11) is 0. The van der Waals surface area contributed by atoms with Gasteiger partial charge in [0.05, 0.1) is 17.8 Å². The number of allylic oxidation sites excluding steroid dienone is 2. The third-order valence-electron chi connectivity index (χ3n) is 5.11. The van der Waals surface area contributed by atoms with Gasteiger partial charge in [-0.2, -0.15) is 4.98 Å². The van der Waals surface area contributed by atoms with Crippen LogP contribution in [0.4, 0.5) is 0 Å². The first-order chi connectivity index (χ1) is 12.1. The zero-order valence-electron chi connectivity index (χ0n) is 14.6. The summed E-state index contributed by atoms with van der Waals surface area (Å²) in [5, 5.41) is 13.4. The molecular weight excluding hydrogens is 322 g/mol. The maximum absolute atomic E-state index is 12.9. The summed E-state index contributed by atoms with van der Waals surface area (Å²) in [6.45, 7) is 3.26. The highest BCUT2D eigenvalue weighted by atomic mass is 16.5. The van der Waals surface area contributed by atoms with Crippen LogP contribution in [-0.2, 0) is 16.0 Å². The molecule has 1 aliphatic carbocycles. The Labute approximate surface area is 147 Å². The quantitative estimate of drug-likeness (QED) is 0.822. The number of aliphatic carboxylic acids is 1. The van der Waals surface area contributed by atoms with Crippen molar-refractivity contribution < 1.29 is 19.2 Å². The Bertz CT molecular complexity index is 655. The van der Waals surface area contributed by atoms with Gasteiger partial charge >= 0.3 is 5.97 Å². The first-order valence-corrected chi connectivity index (χ1v) is 9.09. The van der Waals surface area contributed by atoms with E-state index in [1.165, 1.54) is 0 Å². The third kappa shape index (κ3) is 3.91. The third-order valence-corrected chi connectivity index (χ3v) is 5.11. The molecule has 0 saturated carbocycles. The average molecular weight is 347 g/mol. The number of amides is 1. The van der Waals surface area contributed by atoms with Crippen molar-refractivity contribution in [2.75, 3.05) is 13.1 Å². The van der Waals surface area contributed by atoms with Gasteiger partial charge < -0.3 is 14.5 Å². The number of piperidine rings is 1. The number of hydrogen-bond donors (Lipinski definition) is 1. The van der Waals surface area contributed by atoms with E-state index in [-0.39, 0.29) is 11.8 Å². The highest BCUT2D eigenvalue weighted by Gasteiger charge is 2.38. The first kappa shape index (κ1) is 17.6. The monoisotopic (exact) mass is 347 g/mol. The van der Waals surface area contributed by atoms with Crippen molar-refractivity contribution in [2.45, 2.75) is 51.4 Å². The number of likely N-dealkylation sites (tertiary alicyclic amines) is 1. The number of aryl methyl sites for hydroxylation is 1. The summed E-state index contributed by atoms with van der Waals surface area (Å²) < 4.78 is 5.39. The van der Waals surface area contributed by atoms with E-state index in [1.807, 2.05) is 12.2 Å². The zero-order chi connectivity index (χ0) is 17.8. The van der Waals surface area contributed by atoms with Gasteiger partial charge in [0.1, 0.15) is 0 Å². The second-order valence-corrected chi connectivity index (χ2v) is 6.92. The van der Waals surface area contributed by atoms with Crippen LogP contribution in [0.15, 0.2) is 16.7 Å². The lowest BCUT2D eigenvalue weighted by molar-refractivity contribution is -0.151. The van der Waals surface area contributed by atoms with Gasteiger partial charge in [0.25, 0.3) is 0 Å². The second kappa shape index (κ2) is 7.80. The molecule has 7 heteroatoms. The van der Waals surface area contributed by atoms with E-state index in [1.54, 1.807) is 4.90 Å². The summed E-state index contributed by atoms with van der Waals surface area (Å²) in [4.78, 5) is 30.6. The maximum Gasteiger partial charge on any atom is 0.307 e. The van der Waals surface area contributed by atoms with Crippen LogP contribution in [0, 0.1) is 11.8 Å². The molecule has 7 nitrogen and oxygen atoms in total. The van der Waals surface area contributed by atoms with Gasteiger partial charge in [0, 0.05) is 19.5 Å². The van der Waals surface area contributed by atoms with Crippen molar-refractivity contribution in [3.05, 3.63) is 23.9 Å². The predicted octanol–water partition coefficient (Wildman–Crippen LogP) is 2.40. The van der Waals surface area contributed by atoms with Crippen LogP contribution in [0.25, 0.3) is 0 Å². The largest absolute Gasteiger partial charge is 0.481 e. The maximum atomic E-state index is 12.9. The average Bonchev–Trinajstić information content (AvgIpc) is 3.10. The van der Waals surface area contributed by atoms with Gasteiger partial charge in [-0.25, -0.2) is 0 Å². The van der Waals surface area contributed by atoms with Crippen molar-refractivity contribution in [3.63, 3.8) is 0 Å². The molecular formula is C18H25N3O4. The molecule has 0 unspecified atom stereocenters. The molecule has 136 valence electrons. The Morgan fingerprint density at radius 1 is 1.32 bits per heavy atom. The van der Waals surface area contributed by atoms with Crippen molar-refractivity contribution in [2.24, 2.45) is 11.8 Å². The highest BCUT2D eigenvalue weighted by Crippen LogP contribution is 2.31. The van der Waals surface area contributed by atoms with Gasteiger partial charge in [0.2, 0.25) is 11.8 Å². The van der Waals surface area contributed by atoms with E-state index >= 15 is 0 Å². The van der Waals surface area contributed by atoms with Crippen LogP contribution in [0.1, 0.15) is 56.7 Å². The summed E-state index contributed by atoms with van der Waals surface area (Å²) >= 11 is 0. The Morgan fingerprint density at radius 3 is 2.80 bits per heavy atom. The molecule has 0 spiro atoms. The van der Waals surface area contributed by atoms with E-state index in [0.717, 1.165) is 25.7 Å². The van der Waals surface area contributed by atoms with E-state index in [2.05, 4.69) is 17.1 Å². The van der Waals surface area contributed by atoms with Crippen LogP contribution < -0.4 is 0 Å². The van der Waals surface area contributed by atoms with E-state index in [4.69, 9.17) is 4.52 Å². The summed E-state index contributed by atoms with van der Waals surface area (Å²) in [5.41, 5.74) is 0. The molecule has 0 aromatic carbocycles. The molecule has 3 atom stereocenters. The molecule has 1 aromatic heterocycles. The molecule has 1 aliphatic heterocycles. The normalized spacial score (nSPS) is 26.6. The molecule has 1 amide bonds. The molecule has 1 fully saturated rings. The zero-order valence-corrected chi connectivity index (χ0v) is 14.6. The van der Waals surface area contributed by atoms with E-state index < -0.39 is 17.8 Å². The lowest BCUT2D eigenvalue weighted by Crippen LogP contribution is -2.45. The smallest absolute Gasteiger partial charge is 0.307 e. The predicted molar refractivity (Wildman–Crippen MR) is 89.8 cm³/mol.